The monoisotopic (exact) mass is 320 g/mol. The quantitative estimate of drug-likeness (QED) is 0.823. The predicted molar refractivity (Wildman–Crippen MR) is 88.9 cm³/mol. The fraction of sp³-hybridized carbons (Fsp3) is 0.312. The lowest BCUT2D eigenvalue weighted by Crippen LogP contribution is -2.25. The molecule has 1 aliphatic carbocycles. The Balaban J connectivity index is 1.75. The van der Waals surface area contributed by atoms with E-state index in [1.807, 2.05) is 0 Å². The minimum atomic E-state index is -0.226. The van der Waals surface area contributed by atoms with Crippen LogP contribution in [0.25, 0.3) is 0 Å². The molecule has 2 aromatic rings. The molecule has 1 saturated carbocycles. The van der Waals surface area contributed by atoms with Gasteiger partial charge in [-0.15, -0.1) is 0 Å². The van der Waals surface area contributed by atoms with Gasteiger partial charge in [0.1, 0.15) is 10.8 Å². The second-order valence-electron chi connectivity index (χ2n) is 5.44. The zero-order chi connectivity index (χ0) is 14.8. The summed E-state index contributed by atoms with van der Waals surface area (Å²) in [5.41, 5.74) is 8.13. The van der Waals surface area contributed by atoms with Crippen LogP contribution >= 0.6 is 23.6 Å². The zero-order valence-electron chi connectivity index (χ0n) is 11.6. The van der Waals surface area contributed by atoms with Crippen molar-refractivity contribution in [3.05, 3.63) is 57.5 Å². The predicted octanol–water partition coefficient (Wildman–Crippen LogP) is 3.69. The summed E-state index contributed by atoms with van der Waals surface area (Å²) in [5, 5.41) is 4.24. The second-order valence-corrected chi connectivity index (χ2v) is 6.66. The van der Waals surface area contributed by atoms with E-state index in [2.05, 4.69) is 21.7 Å². The average molecular weight is 320 g/mol. The lowest BCUT2D eigenvalue weighted by Gasteiger charge is -2.22. The molecule has 1 aliphatic rings. The molecule has 0 unspecified atom stereocenters. The highest BCUT2D eigenvalue weighted by Gasteiger charge is 2.29. The first kappa shape index (κ1) is 14.6. The smallest absolute Gasteiger partial charge is 0.128 e. The van der Waals surface area contributed by atoms with Crippen LogP contribution in [0.3, 0.4) is 0 Å². The highest BCUT2D eigenvalue weighted by Crippen LogP contribution is 2.30. The molecule has 0 saturated heterocycles. The van der Waals surface area contributed by atoms with E-state index in [4.69, 9.17) is 18.0 Å². The largest absolute Gasteiger partial charge is 0.389 e. The Morgan fingerprint density at radius 2 is 2.14 bits per heavy atom. The van der Waals surface area contributed by atoms with E-state index >= 15 is 0 Å². The molecule has 0 amide bonds. The van der Waals surface area contributed by atoms with Crippen LogP contribution in [0.2, 0.25) is 0 Å². The van der Waals surface area contributed by atoms with Crippen molar-refractivity contribution in [2.45, 2.75) is 32.0 Å². The van der Waals surface area contributed by atoms with Crippen molar-refractivity contribution in [2.24, 2.45) is 5.73 Å². The van der Waals surface area contributed by atoms with E-state index in [1.54, 1.807) is 23.5 Å². The van der Waals surface area contributed by atoms with Gasteiger partial charge in [-0.2, -0.15) is 11.3 Å². The molecule has 0 aliphatic heterocycles. The fourth-order valence-electron chi connectivity index (χ4n) is 2.42. The van der Waals surface area contributed by atoms with Gasteiger partial charge in [0.25, 0.3) is 0 Å². The highest BCUT2D eigenvalue weighted by molar-refractivity contribution is 7.80. The Morgan fingerprint density at radius 3 is 2.71 bits per heavy atom. The van der Waals surface area contributed by atoms with Crippen LogP contribution in [-0.2, 0) is 13.1 Å². The number of thiocarbonyl (C=S) groups is 1. The minimum absolute atomic E-state index is 0.226. The van der Waals surface area contributed by atoms with Crippen molar-refractivity contribution >= 4 is 28.5 Å². The summed E-state index contributed by atoms with van der Waals surface area (Å²) in [6.45, 7) is 1.51. The molecular formula is C16H17FN2S2. The number of nitrogens with two attached hydrogens (primary N) is 1. The van der Waals surface area contributed by atoms with E-state index in [9.17, 15) is 4.39 Å². The number of hydrogen-bond acceptors (Lipinski definition) is 3. The summed E-state index contributed by atoms with van der Waals surface area (Å²) in [6.07, 6.45) is 2.41. The van der Waals surface area contributed by atoms with Gasteiger partial charge in [-0.25, -0.2) is 4.39 Å². The molecule has 1 fully saturated rings. The summed E-state index contributed by atoms with van der Waals surface area (Å²) in [7, 11) is 0. The zero-order valence-corrected chi connectivity index (χ0v) is 13.2. The van der Waals surface area contributed by atoms with Crippen LogP contribution < -0.4 is 5.73 Å². The first-order valence-electron chi connectivity index (χ1n) is 6.97. The molecule has 3 rings (SSSR count). The van der Waals surface area contributed by atoms with Gasteiger partial charge in [0.05, 0.1) is 0 Å². The van der Waals surface area contributed by atoms with Gasteiger partial charge in [0.15, 0.2) is 0 Å². The van der Waals surface area contributed by atoms with Crippen molar-refractivity contribution < 1.29 is 4.39 Å². The summed E-state index contributed by atoms with van der Waals surface area (Å²) < 4.78 is 14.2. The van der Waals surface area contributed by atoms with Crippen molar-refractivity contribution in [1.29, 1.82) is 0 Å². The third-order valence-corrected chi connectivity index (χ3v) is 4.71. The van der Waals surface area contributed by atoms with Crippen molar-refractivity contribution in [3.63, 3.8) is 0 Å². The third-order valence-electron chi connectivity index (χ3n) is 3.74. The van der Waals surface area contributed by atoms with Crippen LogP contribution in [-0.4, -0.2) is 15.9 Å². The van der Waals surface area contributed by atoms with Gasteiger partial charge in [-0.1, -0.05) is 24.4 Å². The molecule has 5 heteroatoms. The molecule has 2 N–H and O–H groups in total. The maximum atomic E-state index is 14.2. The molecule has 0 bridgehead atoms. The Hall–Kier alpha value is -1.30. The molecular weight excluding hydrogens is 303 g/mol. The number of nitrogens with zero attached hydrogens (tertiary/aromatic N) is 1. The normalized spacial score (nSPS) is 14.6. The van der Waals surface area contributed by atoms with Crippen LogP contribution in [0.5, 0.6) is 0 Å². The van der Waals surface area contributed by atoms with Crippen LogP contribution in [0.4, 0.5) is 4.39 Å². The van der Waals surface area contributed by atoms with Gasteiger partial charge >= 0.3 is 0 Å². The van der Waals surface area contributed by atoms with Gasteiger partial charge in [0, 0.05) is 30.3 Å². The van der Waals surface area contributed by atoms with Crippen LogP contribution in [0.1, 0.15) is 29.5 Å². The van der Waals surface area contributed by atoms with Crippen molar-refractivity contribution in [2.75, 3.05) is 0 Å². The topological polar surface area (TPSA) is 29.3 Å². The Morgan fingerprint density at radius 1 is 1.33 bits per heavy atom. The van der Waals surface area contributed by atoms with Gasteiger partial charge < -0.3 is 5.73 Å². The van der Waals surface area contributed by atoms with Crippen molar-refractivity contribution in [1.82, 2.24) is 4.90 Å². The number of thiophene rings is 1. The summed E-state index contributed by atoms with van der Waals surface area (Å²) in [5.74, 6) is -0.226. The minimum Gasteiger partial charge on any atom is -0.389 e. The average Bonchev–Trinajstić information content (AvgIpc) is 3.18. The SMILES string of the molecule is NC(=S)c1ccc(CN(Cc2ccsc2)C2CC2)c(F)c1. The van der Waals surface area contributed by atoms with Gasteiger partial charge in [0.2, 0.25) is 0 Å². The molecule has 1 heterocycles. The Kier molecular flexibility index (Phi) is 4.33. The van der Waals surface area contributed by atoms with E-state index in [0.717, 1.165) is 6.54 Å². The van der Waals surface area contributed by atoms with E-state index in [0.29, 0.717) is 23.7 Å². The number of hydrogen-bond donors (Lipinski definition) is 1. The molecule has 21 heavy (non-hydrogen) atoms. The summed E-state index contributed by atoms with van der Waals surface area (Å²) in [4.78, 5) is 2.58. The highest BCUT2D eigenvalue weighted by atomic mass is 32.1. The number of benzene rings is 1. The molecule has 1 aromatic carbocycles. The standard InChI is InChI=1S/C16H17FN2S2/c17-15-7-12(16(18)20)1-2-13(15)9-19(14-3-4-14)8-11-5-6-21-10-11/h1-2,5-7,10,14H,3-4,8-9H2,(H2,18,20). The third kappa shape index (κ3) is 3.67. The number of halogens is 1. The first-order valence-corrected chi connectivity index (χ1v) is 8.32. The lowest BCUT2D eigenvalue weighted by atomic mass is 10.1. The lowest BCUT2D eigenvalue weighted by molar-refractivity contribution is 0.242. The maximum absolute atomic E-state index is 14.2. The summed E-state index contributed by atoms with van der Waals surface area (Å²) >= 11 is 6.58. The van der Waals surface area contributed by atoms with Crippen molar-refractivity contribution in [3.8, 4) is 0 Å². The Bertz CT molecular complexity index is 636. The maximum Gasteiger partial charge on any atom is 0.128 e. The molecule has 2 nitrogen and oxygen atoms in total. The van der Waals surface area contributed by atoms with Crippen LogP contribution in [0.15, 0.2) is 35.0 Å². The van der Waals surface area contributed by atoms with Gasteiger partial charge in [-0.05, 0) is 41.3 Å². The Labute approximate surface area is 133 Å². The molecule has 0 atom stereocenters. The second kappa shape index (κ2) is 6.22. The van der Waals surface area contributed by atoms with E-state index < -0.39 is 0 Å². The molecule has 110 valence electrons. The van der Waals surface area contributed by atoms with Crippen LogP contribution in [0, 0.1) is 5.82 Å². The first-order chi connectivity index (χ1) is 10.1. The molecule has 1 aromatic heterocycles. The molecule has 0 radical (unpaired) electrons. The van der Waals surface area contributed by atoms with E-state index in [1.165, 1.54) is 24.5 Å². The summed E-state index contributed by atoms with van der Waals surface area (Å²) in [6, 6.07) is 7.75. The van der Waals surface area contributed by atoms with E-state index in [-0.39, 0.29) is 10.8 Å². The number of rotatable bonds is 6. The fourth-order valence-corrected chi connectivity index (χ4v) is 3.21. The van der Waals surface area contributed by atoms with Gasteiger partial charge in [-0.3, -0.25) is 4.90 Å². The molecule has 0 spiro atoms.